The van der Waals surface area contributed by atoms with E-state index in [-0.39, 0.29) is 5.91 Å². The van der Waals surface area contributed by atoms with E-state index in [2.05, 4.69) is 6.07 Å². The molecule has 1 heterocycles. The molecule has 1 aliphatic rings. The third kappa shape index (κ3) is 2.40. The molecule has 0 N–H and O–H groups in total. The minimum atomic E-state index is 0.123. The SMILES string of the molecule is N#Cc1ccc(CN2C(=O)CSc3ccccc32)cc1. The van der Waals surface area contributed by atoms with Crippen LogP contribution in [0.5, 0.6) is 0 Å². The lowest BCUT2D eigenvalue weighted by Gasteiger charge is -2.29. The average Bonchev–Trinajstić information content (AvgIpc) is 2.51. The molecule has 0 radical (unpaired) electrons. The topological polar surface area (TPSA) is 44.1 Å². The highest BCUT2D eigenvalue weighted by Crippen LogP contribution is 2.35. The normalized spacial score (nSPS) is 13.8. The molecule has 0 atom stereocenters. The summed E-state index contributed by atoms with van der Waals surface area (Å²) < 4.78 is 0. The zero-order valence-electron chi connectivity index (χ0n) is 10.7. The van der Waals surface area contributed by atoms with Crippen molar-refractivity contribution < 1.29 is 4.79 Å². The number of hydrogen-bond acceptors (Lipinski definition) is 3. The number of nitriles is 1. The van der Waals surface area contributed by atoms with Crippen LogP contribution in [0.4, 0.5) is 5.69 Å². The van der Waals surface area contributed by atoms with Crippen molar-refractivity contribution in [2.24, 2.45) is 0 Å². The predicted molar refractivity (Wildman–Crippen MR) is 79.5 cm³/mol. The average molecular weight is 280 g/mol. The van der Waals surface area contributed by atoms with E-state index in [1.165, 1.54) is 0 Å². The summed E-state index contributed by atoms with van der Waals surface area (Å²) in [5, 5.41) is 8.80. The van der Waals surface area contributed by atoms with Gasteiger partial charge in [-0.15, -0.1) is 11.8 Å². The van der Waals surface area contributed by atoms with Gasteiger partial charge in [0.15, 0.2) is 0 Å². The first kappa shape index (κ1) is 12.8. The van der Waals surface area contributed by atoms with E-state index in [1.807, 2.05) is 41.3 Å². The highest BCUT2D eigenvalue weighted by atomic mass is 32.2. The number of para-hydroxylation sites is 1. The standard InChI is InChI=1S/C16H12N2OS/c17-9-12-5-7-13(8-6-12)10-18-14-3-1-2-4-15(14)20-11-16(18)19/h1-8H,10-11H2. The molecule has 0 aliphatic carbocycles. The Morgan fingerprint density at radius 3 is 2.65 bits per heavy atom. The van der Waals surface area contributed by atoms with E-state index in [0.717, 1.165) is 16.1 Å². The summed E-state index contributed by atoms with van der Waals surface area (Å²) >= 11 is 1.58. The van der Waals surface area contributed by atoms with Crippen molar-refractivity contribution >= 4 is 23.4 Å². The van der Waals surface area contributed by atoms with Gasteiger partial charge in [0.25, 0.3) is 0 Å². The van der Waals surface area contributed by atoms with Gasteiger partial charge in [0.2, 0.25) is 5.91 Å². The van der Waals surface area contributed by atoms with E-state index in [0.29, 0.717) is 17.9 Å². The van der Waals surface area contributed by atoms with Gasteiger partial charge in [-0.1, -0.05) is 24.3 Å². The molecular formula is C16H12N2OS. The number of amides is 1. The number of anilines is 1. The Hall–Kier alpha value is -2.25. The number of nitrogens with zero attached hydrogens (tertiary/aromatic N) is 2. The summed E-state index contributed by atoms with van der Waals surface area (Å²) in [7, 11) is 0. The van der Waals surface area contributed by atoms with Crippen molar-refractivity contribution in [2.75, 3.05) is 10.7 Å². The van der Waals surface area contributed by atoms with Crippen molar-refractivity contribution in [2.45, 2.75) is 11.4 Å². The maximum Gasteiger partial charge on any atom is 0.237 e. The molecule has 3 rings (SSSR count). The molecule has 20 heavy (non-hydrogen) atoms. The monoisotopic (exact) mass is 280 g/mol. The summed E-state index contributed by atoms with van der Waals surface area (Å²) in [6, 6.07) is 17.4. The molecule has 0 unspecified atom stereocenters. The van der Waals surface area contributed by atoms with Crippen LogP contribution in [-0.2, 0) is 11.3 Å². The summed E-state index contributed by atoms with van der Waals surface area (Å²) in [5.74, 6) is 0.603. The quantitative estimate of drug-likeness (QED) is 0.848. The fraction of sp³-hybridized carbons (Fsp3) is 0.125. The molecule has 1 aliphatic heterocycles. The van der Waals surface area contributed by atoms with Crippen molar-refractivity contribution in [1.82, 2.24) is 0 Å². The van der Waals surface area contributed by atoms with E-state index in [4.69, 9.17) is 5.26 Å². The first-order chi connectivity index (χ1) is 9.78. The maximum atomic E-state index is 12.1. The molecule has 0 saturated heterocycles. The summed E-state index contributed by atoms with van der Waals surface area (Å²) in [6.07, 6.45) is 0. The molecule has 2 aromatic rings. The lowest BCUT2D eigenvalue weighted by molar-refractivity contribution is -0.116. The minimum Gasteiger partial charge on any atom is -0.306 e. The molecule has 0 fully saturated rings. The number of hydrogen-bond donors (Lipinski definition) is 0. The van der Waals surface area contributed by atoms with Crippen molar-refractivity contribution in [3.05, 3.63) is 59.7 Å². The Morgan fingerprint density at radius 1 is 1.15 bits per heavy atom. The van der Waals surface area contributed by atoms with Gasteiger partial charge in [0, 0.05) is 4.90 Å². The van der Waals surface area contributed by atoms with Gasteiger partial charge >= 0.3 is 0 Å². The molecule has 2 aromatic carbocycles. The Balaban J connectivity index is 1.89. The molecule has 4 heteroatoms. The fourth-order valence-electron chi connectivity index (χ4n) is 2.19. The van der Waals surface area contributed by atoms with Gasteiger partial charge in [0.05, 0.1) is 29.6 Å². The largest absolute Gasteiger partial charge is 0.306 e. The Kier molecular flexibility index (Phi) is 3.44. The highest BCUT2D eigenvalue weighted by molar-refractivity contribution is 8.00. The van der Waals surface area contributed by atoms with Gasteiger partial charge in [-0.05, 0) is 29.8 Å². The van der Waals surface area contributed by atoms with Crippen LogP contribution in [0.15, 0.2) is 53.4 Å². The predicted octanol–water partition coefficient (Wildman–Crippen LogP) is 3.20. The molecule has 0 spiro atoms. The summed E-state index contributed by atoms with van der Waals surface area (Å²) in [5.41, 5.74) is 2.63. The van der Waals surface area contributed by atoms with Gasteiger partial charge in [-0.3, -0.25) is 4.79 Å². The number of thioether (sulfide) groups is 1. The third-order valence-corrected chi connectivity index (χ3v) is 4.28. The Labute approximate surface area is 121 Å². The fourth-order valence-corrected chi connectivity index (χ4v) is 3.13. The number of carbonyl (C=O) groups excluding carboxylic acids is 1. The van der Waals surface area contributed by atoms with Gasteiger partial charge in [-0.2, -0.15) is 5.26 Å². The first-order valence-electron chi connectivity index (χ1n) is 6.29. The number of carbonyl (C=O) groups is 1. The molecule has 0 bridgehead atoms. The first-order valence-corrected chi connectivity index (χ1v) is 7.28. The van der Waals surface area contributed by atoms with Gasteiger partial charge < -0.3 is 4.90 Å². The molecule has 98 valence electrons. The Bertz CT molecular complexity index is 688. The second-order valence-corrected chi connectivity index (χ2v) is 5.56. The van der Waals surface area contributed by atoms with Crippen LogP contribution >= 0.6 is 11.8 Å². The molecular weight excluding hydrogens is 268 g/mol. The smallest absolute Gasteiger partial charge is 0.237 e. The van der Waals surface area contributed by atoms with E-state index in [1.54, 1.807) is 23.9 Å². The van der Waals surface area contributed by atoms with Crippen LogP contribution in [0, 0.1) is 11.3 Å². The summed E-state index contributed by atoms with van der Waals surface area (Å²) in [6.45, 7) is 0.544. The summed E-state index contributed by atoms with van der Waals surface area (Å²) in [4.78, 5) is 15.1. The Morgan fingerprint density at radius 2 is 1.90 bits per heavy atom. The van der Waals surface area contributed by atoms with Gasteiger partial charge in [0.1, 0.15) is 0 Å². The number of rotatable bonds is 2. The van der Waals surface area contributed by atoms with Crippen molar-refractivity contribution in [1.29, 1.82) is 5.26 Å². The van der Waals surface area contributed by atoms with Crippen LogP contribution in [0.25, 0.3) is 0 Å². The molecule has 1 amide bonds. The van der Waals surface area contributed by atoms with Crippen molar-refractivity contribution in [3.63, 3.8) is 0 Å². The van der Waals surface area contributed by atoms with Crippen LogP contribution in [0.1, 0.15) is 11.1 Å². The van der Waals surface area contributed by atoms with E-state index in [9.17, 15) is 4.79 Å². The van der Waals surface area contributed by atoms with Crippen LogP contribution in [0.2, 0.25) is 0 Å². The van der Waals surface area contributed by atoms with E-state index >= 15 is 0 Å². The highest BCUT2D eigenvalue weighted by Gasteiger charge is 2.24. The van der Waals surface area contributed by atoms with Crippen LogP contribution in [0.3, 0.4) is 0 Å². The zero-order chi connectivity index (χ0) is 13.9. The molecule has 0 aromatic heterocycles. The zero-order valence-corrected chi connectivity index (χ0v) is 11.6. The molecule has 3 nitrogen and oxygen atoms in total. The number of benzene rings is 2. The minimum absolute atomic E-state index is 0.123. The lowest BCUT2D eigenvalue weighted by Crippen LogP contribution is -2.34. The van der Waals surface area contributed by atoms with Crippen LogP contribution in [-0.4, -0.2) is 11.7 Å². The second kappa shape index (κ2) is 5.40. The second-order valence-electron chi connectivity index (χ2n) is 4.55. The van der Waals surface area contributed by atoms with E-state index < -0.39 is 0 Å². The number of fused-ring (bicyclic) bond motifs is 1. The van der Waals surface area contributed by atoms with Crippen LogP contribution < -0.4 is 4.90 Å². The maximum absolute atomic E-state index is 12.1. The molecule has 0 saturated carbocycles. The van der Waals surface area contributed by atoms with Crippen molar-refractivity contribution in [3.8, 4) is 6.07 Å². The lowest BCUT2D eigenvalue weighted by atomic mass is 10.1. The third-order valence-electron chi connectivity index (χ3n) is 3.23. The van der Waals surface area contributed by atoms with Gasteiger partial charge in [-0.25, -0.2) is 0 Å².